The molecule has 0 spiro atoms. The van der Waals surface area contributed by atoms with E-state index in [1.165, 1.54) is 46.8 Å². The zero-order valence-electron chi connectivity index (χ0n) is 17.2. The van der Waals surface area contributed by atoms with E-state index in [4.69, 9.17) is 9.15 Å². The Bertz CT molecular complexity index is 1120. The van der Waals surface area contributed by atoms with E-state index in [0.29, 0.717) is 21.9 Å². The summed E-state index contributed by atoms with van der Waals surface area (Å²) < 4.78 is 10.3. The monoisotopic (exact) mass is 452 g/mol. The topological polar surface area (TPSA) is 97.1 Å². The minimum atomic E-state index is -0.966. The fourth-order valence-corrected chi connectivity index (χ4v) is 4.21. The maximum absolute atomic E-state index is 13.3. The summed E-state index contributed by atoms with van der Waals surface area (Å²) >= 11 is 1.26. The van der Waals surface area contributed by atoms with E-state index in [1.807, 2.05) is 0 Å². The first-order valence-electron chi connectivity index (χ1n) is 10.0. The molecule has 3 heterocycles. The first-order chi connectivity index (χ1) is 15.5. The zero-order chi connectivity index (χ0) is 22.7. The van der Waals surface area contributed by atoms with Crippen molar-refractivity contribution in [2.75, 3.05) is 11.5 Å². The van der Waals surface area contributed by atoms with Gasteiger partial charge in [-0.15, -0.1) is 11.3 Å². The number of esters is 1. The van der Waals surface area contributed by atoms with Crippen LogP contribution in [0.4, 0.5) is 5.69 Å². The van der Waals surface area contributed by atoms with Crippen molar-refractivity contribution in [3.05, 3.63) is 76.4 Å². The molecule has 164 valence electrons. The molecule has 1 unspecified atom stereocenters. The Hall–Kier alpha value is -3.72. The van der Waals surface area contributed by atoms with Crippen molar-refractivity contribution in [1.29, 1.82) is 0 Å². The Kier molecular flexibility index (Phi) is 6.18. The Morgan fingerprint density at radius 3 is 2.56 bits per heavy atom. The van der Waals surface area contributed by atoms with Crippen LogP contribution in [0.3, 0.4) is 0 Å². The molecule has 1 atom stereocenters. The molecule has 8 nitrogen and oxygen atoms in total. The van der Waals surface area contributed by atoms with E-state index in [9.17, 15) is 19.2 Å². The first kappa shape index (κ1) is 21.5. The molecule has 0 bridgehead atoms. The van der Waals surface area contributed by atoms with Gasteiger partial charge in [0.25, 0.3) is 11.8 Å². The standard InChI is InChI=1S/C23H20N2O6S/c1-2-30-23(29)15-7-9-16(10-8-15)25-20(26)13-18(21(25)27)24(14-17-5-3-11-31-17)22(28)19-6-4-12-32-19/h3-12,18H,2,13-14H2,1H3. The number of imide groups is 1. The van der Waals surface area contributed by atoms with Gasteiger partial charge in [0.15, 0.2) is 0 Å². The molecule has 1 saturated heterocycles. The molecule has 32 heavy (non-hydrogen) atoms. The van der Waals surface area contributed by atoms with Crippen LogP contribution in [0.1, 0.15) is 39.1 Å². The summed E-state index contributed by atoms with van der Waals surface area (Å²) in [4.78, 5) is 54.0. The van der Waals surface area contributed by atoms with Crippen molar-refractivity contribution in [1.82, 2.24) is 4.90 Å². The second-order valence-electron chi connectivity index (χ2n) is 7.04. The lowest BCUT2D eigenvalue weighted by molar-refractivity contribution is -0.122. The highest BCUT2D eigenvalue weighted by molar-refractivity contribution is 7.12. The number of rotatable bonds is 7. The molecule has 1 aliphatic heterocycles. The molecule has 0 aliphatic carbocycles. The van der Waals surface area contributed by atoms with E-state index in [-0.39, 0.29) is 25.5 Å². The second kappa shape index (κ2) is 9.19. The maximum Gasteiger partial charge on any atom is 0.338 e. The zero-order valence-corrected chi connectivity index (χ0v) is 18.0. The summed E-state index contributed by atoms with van der Waals surface area (Å²) in [5.74, 6) is -1.25. The SMILES string of the molecule is CCOC(=O)c1ccc(N2C(=O)CC(N(Cc3ccco3)C(=O)c3cccs3)C2=O)cc1. The van der Waals surface area contributed by atoms with E-state index >= 15 is 0 Å². The molecule has 1 fully saturated rings. The molecule has 9 heteroatoms. The van der Waals surface area contributed by atoms with Gasteiger partial charge in [0.05, 0.1) is 42.0 Å². The van der Waals surface area contributed by atoms with Gasteiger partial charge in [0.1, 0.15) is 11.8 Å². The molecule has 1 aromatic carbocycles. The van der Waals surface area contributed by atoms with Gasteiger partial charge in [-0.25, -0.2) is 9.69 Å². The Labute approximate surface area is 188 Å². The first-order valence-corrected chi connectivity index (χ1v) is 10.9. The Balaban J connectivity index is 1.60. The van der Waals surface area contributed by atoms with Crippen molar-refractivity contribution in [2.24, 2.45) is 0 Å². The van der Waals surface area contributed by atoms with Crippen molar-refractivity contribution < 1.29 is 28.3 Å². The van der Waals surface area contributed by atoms with Crippen LogP contribution in [0.15, 0.2) is 64.6 Å². The predicted molar refractivity (Wildman–Crippen MR) is 116 cm³/mol. The van der Waals surface area contributed by atoms with Gasteiger partial charge in [0.2, 0.25) is 5.91 Å². The van der Waals surface area contributed by atoms with Crippen LogP contribution in [0.2, 0.25) is 0 Å². The Morgan fingerprint density at radius 2 is 1.94 bits per heavy atom. The van der Waals surface area contributed by atoms with Crippen molar-refractivity contribution in [3.63, 3.8) is 0 Å². The molecular formula is C23H20N2O6S. The van der Waals surface area contributed by atoms with Gasteiger partial charge in [-0.1, -0.05) is 6.07 Å². The molecule has 3 aromatic rings. The number of thiophene rings is 1. The Morgan fingerprint density at radius 1 is 1.16 bits per heavy atom. The van der Waals surface area contributed by atoms with Gasteiger partial charge >= 0.3 is 5.97 Å². The number of benzene rings is 1. The molecule has 4 rings (SSSR count). The normalized spacial score (nSPS) is 15.8. The lowest BCUT2D eigenvalue weighted by Gasteiger charge is -2.26. The van der Waals surface area contributed by atoms with Crippen LogP contribution in [0, 0.1) is 0 Å². The van der Waals surface area contributed by atoms with Gasteiger partial charge < -0.3 is 14.1 Å². The number of amides is 3. The molecule has 0 saturated carbocycles. The number of carbonyl (C=O) groups excluding carboxylic acids is 4. The van der Waals surface area contributed by atoms with Crippen LogP contribution in [-0.2, 0) is 20.9 Å². The fraction of sp³-hybridized carbons (Fsp3) is 0.217. The summed E-state index contributed by atoms with van der Waals surface area (Å²) in [6, 6.07) is 11.9. The number of anilines is 1. The van der Waals surface area contributed by atoms with Crippen LogP contribution in [-0.4, -0.2) is 41.2 Å². The predicted octanol–water partition coefficient (Wildman–Crippen LogP) is 3.49. The third-order valence-electron chi connectivity index (χ3n) is 5.03. The number of ether oxygens (including phenoxy) is 1. The van der Waals surface area contributed by atoms with E-state index in [1.54, 1.807) is 36.6 Å². The van der Waals surface area contributed by atoms with Crippen LogP contribution >= 0.6 is 11.3 Å². The maximum atomic E-state index is 13.3. The quantitative estimate of drug-likeness (QED) is 0.402. The van der Waals surface area contributed by atoms with Gasteiger partial charge in [-0.05, 0) is 54.8 Å². The molecule has 1 aliphatic rings. The highest BCUT2D eigenvalue weighted by atomic mass is 32.1. The third-order valence-corrected chi connectivity index (χ3v) is 5.89. The van der Waals surface area contributed by atoms with Crippen molar-refractivity contribution in [3.8, 4) is 0 Å². The lowest BCUT2D eigenvalue weighted by Crippen LogP contribution is -2.44. The smallest absolute Gasteiger partial charge is 0.338 e. The largest absolute Gasteiger partial charge is 0.467 e. The van der Waals surface area contributed by atoms with E-state index in [2.05, 4.69) is 0 Å². The number of hydrogen-bond acceptors (Lipinski definition) is 7. The minimum Gasteiger partial charge on any atom is -0.467 e. The van der Waals surface area contributed by atoms with E-state index < -0.39 is 23.8 Å². The average molecular weight is 452 g/mol. The number of furan rings is 1. The summed E-state index contributed by atoms with van der Waals surface area (Å²) in [5.41, 5.74) is 0.649. The van der Waals surface area contributed by atoms with Gasteiger partial charge in [0, 0.05) is 0 Å². The molecule has 0 N–H and O–H groups in total. The molecule has 3 amide bonds. The van der Waals surface area contributed by atoms with Gasteiger partial charge in [-0.3, -0.25) is 14.4 Å². The summed E-state index contributed by atoms with van der Waals surface area (Å²) in [6.07, 6.45) is 1.35. The highest BCUT2D eigenvalue weighted by Gasteiger charge is 2.45. The van der Waals surface area contributed by atoms with Crippen molar-refractivity contribution in [2.45, 2.75) is 25.9 Å². The van der Waals surface area contributed by atoms with Gasteiger partial charge in [-0.2, -0.15) is 0 Å². The van der Waals surface area contributed by atoms with Crippen LogP contribution < -0.4 is 4.90 Å². The van der Waals surface area contributed by atoms with E-state index in [0.717, 1.165) is 4.90 Å². The molecular weight excluding hydrogens is 432 g/mol. The molecule has 2 aromatic heterocycles. The summed E-state index contributed by atoms with van der Waals surface area (Å²) in [6.45, 7) is 2.01. The van der Waals surface area contributed by atoms with Crippen molar-refractivity contribution >= 4 is 40.7 Å². The average Bonchev–Trinajstić information content (AvgIpc) is 3.55. The fourth-order valence-electron chi connectivity index (χ4n) is 3.53. The van der Waals surface area contributed by atoms with Crippen LogP contribution in [0.5, 0.6) is 0 Å². The number of carbonyl (C=O) groups is 4. The number of hydrogen-bond donors (Lipinski definition) is 0. The minimum absolute atomic E-state index is 0.0586. The third kappa shape index (κ3) is 4.19. The highest BCUT2D eigenvalue weighted by Crippen LogP contribution is 2.29. The summed E-state index contributed by atoms with van der Waals surface area (Å²) in [5, 5.41) is 1.78. The lowest BCUT2D eigenvalue weighted by atomic mass is 10.1. The molecule has 0 radical (unpaired) electrons. The summed E-state index contributed by atoms with van der Waals surface area (Å²) in [7, 11) is 0. The second-order valence-corrected chi connectivity index (χ2v) is 7.99. The number of nitrogens with zero attached hydrogens (tertiary/aromatic N) is 2. The van der Waals surface area contributed by atoms with Crippen LogP contribution in [0.25, 0.3) is 0 Å².